The molecule has 3 rings (SSSR count). The van der Waals surface area contributed by atoms with Crippen LogP contribution < -0.4 is 11.1 Å². The molecule has 0 radical (unpaired) electrons. The van der Waals surface area contributed by atoms with Gasteiger partial charge in [-0.1, -0.05) is 88.2 Å². The van der Waals surface area contributed by atoms with Crippen LogP contribution in [0.3, 0.4) is 0 Å². The molecule has 42 heavy (non-hydrogen) atoms. The Hall–Kier alpha value is -3.39. The molecule has 1 aliphatic rings. The first-order chi connectivity index (χ1) is 20.0. The molecule has 0 fully saturated rings. The molecule has 0 saturated heterocycles. The highest BCUT2D eigenvalue weighted by Gasteiger charge is 2.49. The molecular formula is C34H46F3N3O2. The SMILES string of the molecule is C=C(/C=C\N)C(C)=O.CCCCN(CCCC)CCCCC1(C(=O)NCC(F)(F)F)c2ccccc2-c2ccccc21. The fourth-order valence-electron chi connectivity index (χ4n) is 5.34. The van der Waals surface area contributed by atoms with Gasteiger partial charge in [-0.25, -0.2) is 0 Å². The van der Waals surface area contributed by atoms with Crippen molar-refractivity contribution >= 4 is 11.7 Å². The predicted octanol–water partition coefficient (Wildman–Crippen LogP) is 7.31. The Morgan fingerprint density at radius 1 is 0.905 bits per heavy atom. The van der Waals surface area contributed by atoms with Gasteiger partial charge in [-0.05, 0) is 86.8 Å². The number of Topliss-reactive ketones (excluding diaryl/α,β-unsaturated/α-hetero) is 1. The summed E-state index contributed by atoms with van der Waals surface area (Å²) in [5.74, 6) is -0.609. The number of carbonyl (C=O) groups is 2. The van der Waals surface area contributed by atoms with E-state index in [9.17, 15) is 22.8 Å². The lowest BCUT2D eigenvalue weighted by Gasteiger charge is -2.31. The Balaban J connectivity index is 0.000000675. The van der Waals surface area contributed by atoms with E-state index in [4.69, 9.17) is 5.73 Å². The summed E-state index contributed by atoms with van der Waals surface area (Å²) in [5.41, 5.74) is 7.81. The van der Waals surface area contributed by atoms with Gasteiger partial charge in [0.05, 0.1) is 0 Å². The minimum absolute atomic E-state index is 0.0494. The molecule has 0 saturated carbocycles. The fraction of sp³-hybridized carbons (Fsp3) is 0.471. The van der Waals surface area contributed by atoms with Crippen molar-refractivity contribution in [2.75, 3.05) is 26.2 Å². The number of alkyl halides is 3. The number of nitrogens with two attached hydrogens (primary N) is 1. The van der Waals surface area contributed by atoms with E-state index in [0.717, 1.165) is 80.4 Å². The smallest absolute Gasteiger partial charge is 0.405 e. The van der Waals surface area contributed by atoms with Crippen molar-refractivity contribution in [1.29, 1.82) is 0 Å². The molecule has 0 atom stereocenters. The zero-order valence-electron chi connectivity index (χ0n) is 25.2. The van der Waals surface area contributed by atoms with E-state index < -0.39 is 24.0 Å². The Morgan fingerprint density at radius 2 is 1.40 bits per heavy atom. The number of benzene rings is 2. The minimum atomic E-state index is -4.45. The summed E-state index contributed by atoms with van der Waals surface area (Å²) < 4.78 is 39.0. The third kappa shape index (κ3) is 9.58. The second kappa shape index (κ2) is 16.9. The second-order valence-corrected chi connectivity index (χ2v) is 10.7. The molecular weight excluding hydrogens is 539 g/mol. The summed E-state index contributed by atoms with van der Waals surface area (Å²) in [6.45, 7) is 11.0. The molecule has 0 unspecified atom stereocenters. The van der Waals surface area contributed by atoms with Gasteiger partial charge in [0.15, 0.2) is 5.78 Å². The lowest BCUT2D eigenvalue weighted by atomic mass is 9.73. The topological polar surface area (TPSA) is 75.4 Å². The molecule has 0 aromatic heterocycles. The second-order valence-electron chi connectivity index (χ2n) is 10.7. The lowest BCUT2D eigenvalue weighted by Crippen LogP contribution is -2.47. The number of carbonyl (C=O) groups excluding carboxylic acids is 2. The predicted molar refractivity (Wildman–Crippen MR) is 165 cm³/mol. The van der Waals surface area contributed by atoms with Gasteiger partial charge in [0, 0.05) is 5.57 Å². The maximum Gasteiger partial charge on any atom is 0.405 e. The van der Waals surface area contributed by atoms with Crippen LogP contribution in [0.4, 0.5) is 13.2 Å². The van der Waals surface area contributed by atoms with Gasteiger partial charge in [-0.3, -0.25) is 9.59 Å². The highest BCUT2D eigenvalue weighted by atomic mass is 19.4. The van der Waals surface area contributed by atoms with Gasteiger partial charge < -0.3 is 16.0 Å². The van der Waals surface area contributed by atoms with E-state index >= 15 is 0 Å². The summed E-state index contributed by atoms with van der Waals surface area (Å²) in [6, 6.07) is 15.3. The summed E-state index contributed by atoms with van der Waals surface area (Å²) >= 11 is 0. The molecule has 5 nitrogen and oxygen atoms in total. The Bertz CT molecular complexity index is 1150. The highest BCUT2D eigenvalue weighted by molar-refractivity contribution is 6.00. The van der Waals surface area contributed by atoms with Crippen LogP contribution in [0.25, 0.3) is 11.1 Å². The average Bonchev–Trinajstić information content (AvgIpc) is 3.25. The third-order valence-corrected chi connectivity index (χ3v) is 7.58. The van der Waals surface area contributed by atoms with E-state index in [2.05, 4.69) is 30.6 Å². The maximum atomic E-state index is 13.5. The Kier molecular flexibility index (Phi) is 14.0. The number of rotatable bonds is 15. The van der Waals surface area contributed by atoms with Crippen molar-refractivity contribution in [3.05, 3.63) is 84.1 Å². The molecule has 2 aromatic rings. The van der Waals surface area contributed by atoms with Crippen molar-refractivity contribution in [2.45, 2.75) is 77.3 Å². The minimum Gasteiger partial charge on any atom is -0.405 e. The molecule has 0 heterocycles. The number of hydrogen-bond donors (Lipinski definition) is 2. The number of amides is 1. The number of unbranched alkanes of at least 4 members (excludes halogenated alkanes) is 3. The van der Waals surface area contributed by atoms with E-state index in [1.54, 1.807) is 0 Å². The van der Waals surface area contributed by atoms with Crippen molar-refractivity contribution in [2.24, 2.45) is 5.73 Å². The van der Waals surface area contributed by atoms with Crippen LogP contribution in [-0.4, -0.2) is 48.9 Å². The quantitative estimate of drug-likeness (QED) is 0.131. The van der Waals surface area contributed by atoms with Gasteiger partial charge in [0.25, 0.3) is 0 Å². The summed E-state index contributed by atoms with van der Waals surface area (Å²) in [5, 5.41) is 2.22. The van der Waals surface area contributed by atoms with Gasteiger partial charge in [-0.2, -0.15) is 13.2 Å². The monoisotopic (exact) mass is 585 g/mol. The van der Waals surface area contributed by atoms with Crippen LogP contribution in [0.15, 0.2) is 73.0 Å². The molecule has 230 valence electrons. The number of hydrogen-bond acceptors (Lipinski definition) is 4. The number of halogens is 3. The molecule has 1 amide bonds. The van der Waals surface area contributed by atoms with Gasteiger partial charge in [-0.15, -0.1) is 0 Å². The van der Waals surface area contributed by atoms with E-state index in [-0.39, 0.29) is 5.78 Å². The third-order valence-electron chi connectivity index (χ3n) is 7.58. The van der Waals surface area contributed by atoms with E-state index in [0.29, 0.717) is 12.0 Å². The van der Waals surface area contributed by atoms with Crippen LogP contribution in [0, 0.1) is 0 Å². The van der Waals surface area contributed by atoms with Gasteiger partial charge >= 0.3 is 6.18 Å². The molecule has 8 heteroatoms. The normalized spacial score (nSPS) is 13.3. The number of allylic oxidation sites excluding steroid dienone is 2. The van der Waals surface area contributed by atoms with Crippen LogP contribution in [0.1, 0.15) is 76.8 Å². The summed E-state index contributed by atoms with van der Waals surface area (Å²) in [6.07, 6.45) is 5.10. The van der Waals surface area contributed by atoms with Crippen molar-refractivity contribution < 1.29 is 22.8 Å². The van der Waals surface area contributed by atoms with Crippen molar-refractivity contribution in [1.82, 2.24) is 10.2 Å². The number of nitrogens with one attached hydrogen (secondary N) is 1. The average molecular weight is 586 g/mol. The Morgan fingerprint density at radius 3 is 1.83 bits per heavy atom. The first-order valence-corrected chi connectivity index (χ1v) is 14.9. The van der Waals surface area contributed by atoms with Crippen LogP contribution >= 0.6 is 0 Å². The standard InChI is InChI=1S/C28H37F3N2O.C6H9NO/c1-3-5-18-33(19-6-4-2)20-12-11-17-27(26(34)32-21-28(29,30)31)24-15-9-7-13-22(24)23-14-8-10-16-25(23)27;1-5(3-4-7)6(2)8/h7-10,13-16H,3-6,11-12,17-21H2,1-2H3,(H,32,34);3-4H,1,7H2,2H3/b;4-3-. The zero-order valence-corrected chi connectivity index (χ0v) is 25.2. The van der Waals surface area contributed by atoms with Crippen LogP contribution in [0.5, 0.6) is 0 Å². The molecule has 0 bridgehead atoms. The van der Waals surface area contributed by atoms with E-state index in [1.165, 1.54) is 19.2 Å². The van der Waals surface area contributed by atoms with Gasteiger partial charge in [0.2, 0.25) is 5.91 Å². The molecule has 0 aliphatic heterocycles. The number of ketones is 1. The van der Waals surface area contributed by atoms with E-state index in [1.807, 2.05) is 48.5 Å². The maximum absolute atomic E-state index is 13.5. The zero-order chi connectivity index (χ0) is 31.2. The first-order valence-electron chi connectivity index (χ1n) is 14.9. The number of nitrogens with zero attached hydrogens (tertiary/aromatic N) is 1. The largest absolute Gasteiger partial charge is 0.405 e. The van der Waals surface area contributed by atoms with Crippen molar-refractivity contribution in [3.63, 3.8) is 0 Å². The lowest BCUT2D eigenvalue weighted by molar-refractivity contribution is -0.141. The highest BCUT2D eigenvalue weighted by Crippen LogP contribution is 2.51. The van der Waals surface area contributed by atoms with Crippen molar-refractivity contribution in [3.8, 4) is 11.1 Å². The number of fused-ring (bicyclic) bond motifs is 3. The molecule has 2 aromatic carbocycles. The van der Waals surface area contributed by atoms with Crippen LogP contribution in [-0.2, 0) is 15.0 Å². The fourth-order valence-corrected chi connectivity index (χ4v) is 5.34. The molecule has 0 spiro atoms. The van der Waals surface area contributed by atoms with Crippen LogP contribution in [0.2, 0.25) is 0 Å². The summed E-state index contributed by atoms with van der Waals surface area (Å²) in [7, 11) is 0. The molecule has 1 aliphatic carbocycles. The summed E-state index contributed by atoms with van der Waals surface area (Å²) in [4.78, 5) is 26.3. The first kappa shape index (κ1) is 34.8. The Labute approximate surface area is 249 Å². The van der Waals surface area contributed by atoms with Gasteiger partial charge in [0.1, 0.15) is 12.0 Å². The molecule has 3 N–H and O–H groups in total.